The molecular formula is C27H32N4O5. The van der Waals surface area contributed by atoms with E-state index in [-0.39, 0.29) is 12.5 Å². The van der Waals surface area contributed by atoms with Crippen molar-refractivity contribution in [3.05, 3.63) is 59.9 Å². The highest BCUT2D eigenvalue weighted by Crippen LogP contribution is 2.33. The Morgan fingerprint density at radius 2 is 1.97 bits per heavy atom. The number of fused-ring (bicyclic) bond motifs is 7. The lowest BCUT2D eigenvalue weighted by atomic mass is 10.1. The SMILES string of the molecule is COc1ccc2cc1OCCN(C(=O)[C@H](C)O)Cc1cc(CN3CCOCC3)cc(c1)-n1ccnc1-2. The van der Waals surface area contributed by atoms with Gasteiger partial charge in [-0.05, 0) is 48.4 Å². The van der Waals surface area contributed by atoms with E-state index in [2.05, 4.69) is 32.7 Å². The van der Waals surface area contributed by atoms with Crippen molar-refractivity contribution in [2.45, 2.75) is 26.1 Å². The third-order valence-electron chi connectivity index (χ3n) is 6.55. The molecule has 1 saturated heterocycles. The zero-order valence-electron chi connectivity index (χ0n) is 20.7. The first-order valence-corrected chi connectivity index (χ1v) is 12.3. The highest BCUT2D eigenvalue weighted by atomic mass is 16.5. The first-order chi connectivity index (χ1) is 17.5. The van der Waals surface area contributed by atoms with Crippen molar-refractivity contribution < 1.29 is 24.1 Å². The molecule has 0 spiro atoms. The molecule has 9 nitrogen and oxygen atoms in total. The molecule has 0 saturated carbocycles. The molecule has 1 atom stereocenters. The Bertz CT molecular complexity index is 1220. The van der Waals surface area contributed by atoms with Crippen molar-refractivity contribution in [2.24, 2.45) is 0 Å². The van der Waals surface area contributed by atoms with Crippen LogP contribution < -0.4 is 9.47 Å². The maximum Gasteiger partial charge on any atom is 0.251 e. The molecule has 36 heavy (non-hydrogen) atoms. The minimum Gasteiger partial charge on any atom is -0.493 e. The molecule has 0 radical (unpaired) electrons. The van der Waals surface area contributed by atoms with Crippen molar-refractivity contribution in [1.29, 1.82) is 0 Å². The van der Waals surface area contributed by atoms with Gasteiger partial charge in [-0.15, -0.1) is 0 Å². The smallest absolute Gasteiger partial charge is 0.251 e. The Kier molecular flexibility index (Phi) is 7.22. The fourth-order valence-electron chi connectivity index (χ4n) is 4.75. The Morgan fingerprint density at radius 1 is 1.14 bits per heavy atom. The number of nitrogens with zero attached hydrogens (tertiary/aromatic N) is 4. The number of amides is 1. The fraction of sp³-hybridized carbons (Fsp3) is 0.407. The van der Waals surface area contributed by atoms with Crippen LogP contribution >= 0.6 is 0 Å². The lowest BCUT2D eigenvalue weighted by Crippen LogP contribution is -2.40. The highest BCUT2D eigenvalue weighted by molar-refractivity contribution is 5.80. The maximum absolute atomic E-state index is 12.9. The van der Waals surface area contributed by atoms with Crippen LogP contribution in [0, 0.1) is 0 Å². The lowest BCUT2D eigenvalue weighted by Gasteiger charge is -2.28. The number of morpholine rings is 1. The van der Waals surface area contributed by atoms with E-state index in [9.17, 15) is 9.90 Å². The number of ether oxygens (including phenoxy) is 3. The first kappa shape index (κ1) is 24.3. The number of aliphatic hydroxyl groups excluding tert-OH is 1. The second-order valence-corrected chi connectivity index (χ2v) is 9.17. The molecule has 0 unspecified atom stereocenters. The number of aromatic nitrogens is 2. The Balaban J connectivity index is 1.61. The molecule has 5 rings (SSSR count). The van der Waals surface area contributed by atoms with Gasteiger partial charge >= 0.3 is 0 Å². The van der Waals surface area contributed by atoms with Crippen LogP contribution in [-0.4, -0.2) is 83.0 Å². The van der Waals surface area contributed by atoms with Crippen LogP contribution in [0.1, 0.15) is 18.1 Å². The van der Waals surface area contributed by atoms with Crippen LogP contribution in [0.4, 0.5) is 0 Å². The predicted octanol–water partition coefficient (Wildman–Crippen LogP) is 2.48. The number of benzene rings is 2. The number of methoxy groups -OCH3 is 1. The van der Waals surface area contributed by atoms with Crippen LogP contribution in [-0.2, 0) is 22.6 Å². The topological polar surface area (TPSA) is 89.3 Å². The van der Waals surface area contributed by atoms with Crippen molar-refractivity contribution >= 4 is 5.91 Å². The molecule has 1 aromatic heterocycles. The number of hydrogen-bond acceptors (Lipinski definition) is 7. The van der Waals surface area contributed by atoms with Crippen LogP contribution in [0.3, 0.4) is 0 Å². The van der Waals surface area contributed by atoms with E-state index in [4.69, 9.17) is 14.2 Å². The van der Waals surface area contributed by atoms with Gasteiger partial charge < -0.3 is 24.2 Å². The van der Waals surface area contributed by atoms with E-state index in [0.29, 0.717) is 24.6 Å². The second-order valence-electron chi connectivity index (χ2n) is 9.17. The Labute approximate surface area is 210 Å². The molecule has 2 aliphatic rings. The average Bonchev–Trinajstić information content (AvgIpc) is 3.38. The largest absolute Gasteiger partial charge is 0.493 e. The van der Waals surface area contributed by atoms with Crippen LogP contribution in [0.25, 0.3) is 17.1 Å². The van der Waals surface area contributed by atoms with Gasteiger partial charge in [0.15, 0.2) is 11.5 Å². The molecule has 4 bridgehead atoms. The van der Waals surface area contributed by atoms with Gasteiger partial charge in [-0.3, -0.25) is 14.3 Å². The zero-order chi connectivity index (χ0) is 25.1. The van der Waals surface area contributed by atoms with Gasteiger partial charge in [-0.1, -0.05) is 6.07 Å². The highest BCUT2D eigenvalue weighted by Gasteiger charge is 2.22. The summed E-state index contributed by atoms with van der Waals surface area (Å²) in [6, 6.07) is 12.1. The molecule has 9 heteroatoms. The van der Waals surface area contributed by atoms with Crippen LogP contribution in [0.5, 0.6) is 11.5 Å². The Morgan fingerprint density at radius 3 is 2.75 bits per heavy atom. The van der Waals surface area contributed by atoms with E-state index in [1.54, 1.807) is 18.2 Å². The lowest BCUT2D eigenvalue weighted by molar-refractivity contribution is -0.140. The molecule has 2 aromatic carbocycles. The van der Waals surface area contributed by atoms with E-state index >= 15 is 0 Å². The summed E-state index contributed by atoms with van der Waals surface area (Å²) in [6.45, 7) is 6.45. The molecule has 1 amide bonds. The minimum atomic E-state index is -1.10. The van der Waals surface area contributed by atoms with Crippen LogP contribution in [0.15, 0.2) is 48.8 Å². The van der Waals surface area contributed by atoms with E-state index in [1.807, 2.05) is 24.4 Å². The zero-order valence-corrected chi connectivity index (χ0v) is 20.7. The summed E-state index contributed by atoms with van der Waals surface area (Å²) in [5, 5.41) is 10.1. The molecule has 0 aliphatic carbocycles. The molecule has 2 aliphatic heterocycles. The van der Waals surface area contributed by atoms with Gasteiger partial charge in [0.05, 0.1) is 26.9 Å². The van der Waals surface area contributed by atoms with E-state index in [0.717, 1.165) is 61.1 Å². The Hall–Kier alpha value is -3.40. The van der Waals surface area contributed by atoms with Gasteiger partial charge in [0.2, 0.25) is 0 Å². The van der Waals surface area contributed by atoms with Crippen molar-refractivity contribution in [2.75, 3.05) is 46.6 Å². The number of carbonyl (C=O) groups excluding carboxylic acids is 1. The maximum atomic E-state index is 12.9. The minimum absolute atomic E-state index is 0.257. The summed E-state index contributed by atoms with van der Waals surface area (Å²) < 4.78 is 19.1. The molecule has 3 heterocycles. The normalized spacial score (nSPS) is 17.1. The summed E-state index contributed by atoms with van der Waals surface area (Å²) >= 11 is 0. The summed E-state index contributed by atoms with van der Waals surface area (Å²) in [7, 11) is 1.60. The van der Waals surface area contributed by atoms with Gasteiger partial charge in [0.1, 0.15) is 18.5 Å². The third-order valence-corrected chi connectivity index (χ3v) is 6.55. The van der Waals surface area contributed by atoms with Crippen LogP contribution in [0.2, 0.25) is 0 Å². The van der Waals surface area contributed by atoms with Gasteiger partial charge in [-0.2, -0.15) is 0 Å². The standard InChI is InChI=1S/C27H32N4O5/c1-19(32)27(33)30-9-12-36-25-16-22(3-4-24(25)34-2)26-28-5-6-31(26)23-14-20(13-21(15-23)18-30)17-29-7-10-35-11-8-29/h3-6,13-16,19,32H,7-12,17-18H2,1-2H3/t19-/m0/s1. The number of rotatable bonds is 4. The fourth-order valence-corrected chi connectivity index (χ4v) is 4.75. The summed E-state index contributed by atoms with van der Waals surface area (Å²) in [5.41, 5.74) is 3.99. The predicted molar refractivity (Wildman–Crippen MR) is 134 cm³/mol. The summed E-state index contributed by atoms with van der Waals surface area (Å²) in [4.78, 5) is 21.6. The molecule has 190 valence electrons. The third kappa shape index (κ3) is 5.23. The average molecular weight is 493 g/mol. The van der Waals surface area contributed by atoms with E-state index < -0.39 is 6.10 Å². The van der Waals surface area contributed by atoms with Crippen molar-refractivity contribution in [3.8, 4) is 28.6 Å². The number of imidazole rings is 1. The van der Waals surface area contributed by atoms with Crippen molar-refractivity contribution in [1.82, 2.24) is 19.4 Å². The number of carbonyl (C=O) groups is 1. The van der Waals surface area contributed by atoms with Gasteiger partial charge in [-0.25, -0.2) is 4.98 Å². The van der Waals surface area contributed by atoms with Gasteiger partial charge in [0.25, 0.3) is 5.91 Å². The summed E-state index contributed by atoms with van der Waals surface area (Å²) in [6.07, 6.45) is 2.62. The first-order valence-electron chi connectivity index (χ1n) is 12.3. The quantitative estimate of drug-likeness (QED) is 0.599. The molecule has 3 aromatic rings. The second kappa shape index (κ2) is 10.7. The molecular weight excluding hydrogens is 460 g/mol. The number of aliphatic hydroxyl groups is 1. The monoisotopic (exact) mass is 492 g/mol. The van der Waals surface area contributed by atoms with Gasteiger partial charge in [0, 0.05) is 49.8 Å². The molecule has 1 fully saturated rings. The summed E-state index contributed by atoms with van der Waals surface area (Å²) in [5.74, 6) is 1.63. The number of hydrogen-bond donors (Lipinski definition) is 1. The van der Waals surface area contributed by atoms with Crippen molar-refractivity contribution in [3.63, 3.8) is 0 Å². The molecule has 1 N–H and O–H groups in total. The van der Waals surface area contributed by atoms with E-state index in [1.165, 1.54) is 6.92 Å².